The molecule has 4 atom stereocenters. The van der Waals surface area contributed by atoms with E-state index < -0.39 is 31.1 Å². The number of nitrogens with zero attached hydrogens (tertiary/aromatic N) is 4. The maximum absolute atomic E-state index is 10.1. The van der Waals surface area contributed by atoms with Gasteiger partial charge in [-0.2, -0.15) is 14.5 Å². The van der Waals surface area contributed by atoms with Crippen molar-refractivity contribution in [3.05, 3.63) is 6.33 Å². The molecule has 1 aliphatic rings. The number of ether oxygens (including phenoxy) is 1. The van der Waals surface area contributed by atoms with Crippen LogP contribution >= 0.6 is 0 Å². The molecule has 10 heteroatoms. The van der Waals surface area contributed by atoms with Crippen LogP contribution in [0.15, 0.2) is 6.33 Å². The molecule has 0 bridgehead atoms. The molecule has 2 aromatic rings. The molecule has 0 radical (unpaired) electrons. The van der Waals surface area contributed by atoms with Crippen LogP contribution in [0, 0.1) is 0 Å². The standard InChI is InChI=1S/C11H15N5O5/c1-15-3-16(8-5(15)9(20)14-11(12)13-8)10-7(19)6(18)4(2-17)21-10/h3-4,6-7,10,17-19H,2H2,1H3,(H2-,12,13,14,20)/p+1. The lowest BCUT2D eigenvalue weighted by molar-refractivity contribution is -0.646. The molecular formula is C11H16N5O5+. The van der Waals surface area contributed by atoms with Crippen LogP contribution in [0.2, 0.25) is 0 Å². The summed E-state index contributed by atoms with van der Waals surface area (Å²) in [7, 11) is 1.65. The minimum atomic E-state index is -1.25. The van der Waals surface area contributed by atoms with E-state index in [9.17, 15) is 15.3 Å². The van der Waals surface area contributed by atoms with Gasteiger partial charge in [-0.3, -0.25) is 0 Å². The maximum atomic E-state index is 10.1. The minimum absolute atomic E-state index is 0.133. The van der Waals surface area contributed by atoms with Crippen molar-refractivity contribution in [2.45, 2.75) is 24.5 Å². The van der Waals surface area contributed by atoms with Gasteiger partial charge in [-0.25, -0.2) is 4.57 Å². The number of anilines is 1. The van der Waals surface area contributed by atoms with E-state index in [-0.39, 0.29) is 17.5 Å². The first-order chi connectivity index (χ1) is 9.93. The number of imidazole rings is 1. The molecule has 0 saturated carbocycles. The molecule has 4 unspecified atom stereocenters. The van der Waals surface area contributed by atoms with Gasteiger partial charge in [-0.1, -0.05) is 0 Å². The lowest BCUT2D eigenvalue weighted by atomic mass is 10.1. The average Bonchev–Trinajstić information content (AvgIpc) is 2.89. The molecule has 1 saturated heterocycles. The van der Waals surface area contributed by atoms with E-state index in [2.05, 4.69) is 9.97 Å². The highest BCUT2D eigenvalue weighted by atomic mass is 16.6. The highest BCUT2D eigenvalue weighted by Gasteiger charge is 2.47. The number of aliphatic hydroxyl groups excluding tert-OH is 3. The zero-order valence-corrected chi connectivity index (χ0v) is 11.2. The summed E-state index contributed by atoms with van der Waals surface area (Å²) in [5.41, 5.74) is 6.07. The van der Waals surface area contributed by atoms with Gasteiger partial charge in [0.25, 0.3) is 17.0 Å². The number of hydrogen-bond acceptors (Lipinski definition) is 8. The smallest absolute Gasteiger partial charge is 0.279 e. The van der Waals surface area contributed by atoms with Crippen LogP contribution in [-0.2, 0) is 11.8 Å². The van der Waals surface area contributed by atoms with Gasteiger partial charge in [0.05, 0.1) is 13.7 Å². The Bertz CT molecular complexity index is 689. The van der Waals surface area contributed by atoms with Crippen LogP contribution in [0.5, 0.6) is 5.88 Å². The van der Waals surface area contributed by atoms with Crippen LogP contribution in [0.4, 0.5) is 5.95 Å². The molecule has 3 heterocycles. The Morgan fingerprint density at radius 2 is 2.10 bits per heavy atom. The first-order valence-electron chi connectivity index (χ1n) is 6.29. The fourth-order valence-corrected chi connectivity index (χ4v) is 2.54. The molecule has 0 spiro atoms. The molecule has 10 nitrogen and oxygen atoms in total. The van der Waals surface area contributed by atoms with Crippen LogP contribution in [0.25, 0.3) is 11.2 Å². The first-order valence-corrected chi connectivity index (χ1v) is 6.29. The Hall–Kier alpha value is -2.01. The number of hydrogen-bond donors (Lipinski definition) is 5. The highest BCUT2D eigenvalue weighted by Crippen LogP contribution is 2.32. The minimum Gasteiger partial charge on any atom is -0.490 e. The third-order valence-corrected chi connectivity index (χ3v) is 3.55. The molecule has 0 amide bonds. The van der Waals surface area contributed by atoms with Gasteiger partial charge < -0.3 is 30.9 Å². The summed E-state index contributed by atoms with van der Waals surface area (Å²) in [6.45, 7) is -0.428. The second-order valence-corrected chi connectivity index (χ2v) is 4.94. The van der Waals surface area contributed by atoms with Crippen molar-refractivity contribution in [3.63, 3.8) is 0 Å². The maximum Gasteiger partial charge on any atom is 0.279 e. The van der Waals surface area contributed by atoms with E-state index in [4.69, 9.17) is 15.6 Å². The molecule has 114 valence electrons. The molecule has 0 aromatic carbocycles. The number of rotatable bonds is 2. The molecule has 21 heavy (non-hydrogen) atoms. The van der Waals surface area contributed by atoms with Crippen molar-refractivity contribution in [2.75, 3.05) is 12.3 Å². The Balaban J connectivity index is 2.13. The van der Waals surface area contributed by atoms with E-state index in [1.807, 2.05) is 0 Å². The largest absolute Gasteiger partial charge is 0.490 e. The molecule has 1 fully saturated rings. The van der Waals surface area contributed by atoms with Gasteiger partial charge in [0.15, 0.2) is 0 Å². The first kappa shape index (κ1) is 13.9. The lowest BCUT2D eigenvalue weighted by Crippen LogP contribution is -2.33. The predicted molar refractivity (Wildman–Crippen MR) is 67.8 cm³/mol. The van der Waals surface area contributed by atoms with Gasteiger partial charge in [-0.05, 0) is 0 Å². The van der Waals surface area contributed by atoms with Crippen molar-refractivity contribution in [3.8, 4) is 5.88 Å². The summed E-state index contributed by atoms with van der Waals surface area (Å²) in [6, 6.07) is 0. The van der Waals surface area contributed by atoms with E-state index in [1.165, 1.54) is 10.9 Å². The van der Waals surface area contributed by atoms with Crippen LogP contribution < -0.4 is 10.3 Å². The monoisotopic (exact) mass is 298 g/mol. The quantitative estimate of drug-likeness (QED) is 0.372. The summed E-state index contributed by atoms with van der Waals surface area (Å²) in [4.78, 5) is 7.69. The number of nitrogens with two attached hydrogens (primary N) is 1. The van der Waals surface area contributed by atoms with Gasteiger partial charge >= 0.3 is 0 Å². The second kappa shape index (κ2) is 4.77. The van der Waals surface area contributed by atoms with E-state index in [0.717, 1.165) is 0 Å². The third-order valence-electron chi connectivity index (χ3n) is 3.55. The summed E-state index contributed by atoms with van der Waals surface area (Å²) in [5, 5.41) is 38.9. The molecule has 3 rings (SSSR count). The number of aryl methyl sites for hydroxylation is 1. The molecule has 0 aliphatic carbocycles. The van der Waals surface area contributed by atoms with Crippen LogP contribution in [0.1, 0.15) is 6.23 Å². The summed E-state index contributed by atoms with van der Waals surface area (Å²) < 4.78 is 8.41. The summed E-state index contributed by atoms with van der Waals surface area (Å²) >= 11 is 0. The zero-order valence-electron chi connectivity index (χ0n) is 11.2. The number of aromatic hydroxyl groups is 1. The van der Waals surface area contributed by atoms with Crippen molar-refractivity contribution >= 4 is 17.1 Å². The van der Waals surface area contributed by atoms with Gasteiger partial charge in [0.1, 0.15) is 18.3 Å². The topological polar surface area (TPSA) is 151 Å². The number of aliphatic hydroxyl groups is 3. The number of nitrogen functional groups attached to an aromatic ring is 1. The summed E-state index contributed by atoms with van der Waals surface area (Å²) in [6.07, 6.45) is -2.82. The highest BCUT2D eigenvalue weighted by molar-refractivity contribution is 5.73. The Morgan fingerprint density at radius 3 is 2.71 bits per heavy atom. The predicted octanol–water partition coefficient (Wildman–Crippen LogP) is -2.84. The fraction of sp³-hybridized carbons (Fsp3) is 0.545. The van der Waals surface area contributed by atoms with E-state index in [0.29, 0.717) is 5.52 Å². The lowest BCUT2D eigenvalue weighted by Gasteiger charge is -2.11. The Labute approximate surface area is 118 Å². The van der Waals surface area contributed by atoms with Crippen LogP contribution in [-0.4, -0.2) is 59.9 Å². The summed E-state index contributed by atoms with van der Waals surface area (Å²) in [5.74, 6) is -0.433. The van der Waals surface area contributed by atoms with Gasteiger partial charge in [0.2, 0.25) is 18.5 Å². The van der Waals surface area contributed by atoms with E-state index >= 15 is 0 Å². The third kappa shape index (κ3) is 2.00. The average molecular weight is 298 g/mol. The van der Waals surface area contributed by atoms with Gasteiger partial charge in [0, 0.05) is 0 Å². The zero-order chi connectivity index (χ0) is 15.3. The van der Waals surface area contributed by atoms with Crippen molar-refractivity contribution in [1.29, 1.82) is 0 Å². The fourth-order valence-electron chi connectivity index (χ4n) is 2.54. The molecule has 1 aliphatic heterocycles. The van der Waals surface area contributed by atoms with Crippen molar-refractivity contribution in [1.82, 2.24) is 14.5 Å². The van der Waals surface area contributed by atoms with Gasteiger partial charge in [-0.15, -0.1) is 0 Å². The Morgan fingerprint density at radius 1 is 1.38 bits per heavy atom. The van der Waals surface area contributed by atoms with E-state index in [1.54, 1.807) is 11.6 Å². The normalized spacial score (nSPS) is 29.3. The Kier molecular flexibility index (Phi) is 3.17. The van der Waals surface area contributed by atoms with Crippen molar-refractivity contribution in [2.24, 2.45) is 7.05 Å². The SMILES string of the molecule is C[n+]1cn(C2OC(CO)C(O)C2O)c2nc(N)nc(O)c21. The second-order valence-electron chi connectivity index (χ2n) is 4.94. The van der Waals surface area contributed by atoms with Crippen LogP contribution in [0.3, 0.4) is 0 Å². The molecule has 2 aromatic heterocycles. The number of aromatic nitrogens is 4. The van der Waals surface area contributed by atoms with Crippen molar-refractivity contribution < 1.29 is 29.7 Å². The number of fused-ring (bicyclic) bond motifs is 1. The molecular weight excluding hydrogens is 282 g/mol. The molecule has 6 N–H and O–H groups in total.